The van der Waals surface area contributed by atoms with Crippen LogP contribution in [-0.2, 0) is 4.74 Å². The van der Waals surface area contributed by atoms with E-state index < -0.39 is 14.0 Å². The molecule has 0 saturated carbocycles. The van der Waals surface area contributed by atoms with Crippen molar-refractivity contribution in [1.29, 1.82) is 0 Å². The Balaban J connectivity index is 2.53. The number of ether oxygens (including phenoxy) is 1. The smallest absolute Gasteiger partial charge is 0.343 e. The third-order valence-electron chi connectivity index (χ3n) is 4.12. The molecule has 0 aromatic carbocycles. The second-order valence-corrected chi connectivity index (χ2v) is 10.5. The number of H-pyrrole nitrogens is 1. The van der Waals surface area contributed by atoms with Crippen LogP contribution in [0, 0.1) is 0 Å². The zero-order valence-corrected chi connectivity index (χ0v) is 12.8. The van der Waals surface area contributed by atoms with E-state index in [4.69, 9.17) is 9.84 Å². The van der Waals surface area contributed by atoms with Crippen LogP contribution in [0.3, 0.4) is 0 Å². The fourth-order valence-electron chi connectivity index (χ4n) is 2.30. The van der Waals surface area contributed by atoms with Gasteiger partial charge in [-0.3, -0.25) is 4.98 Å². The fourth-order valence-corrected chi connectivity index (χ4v) is 5.40. The molecule has 0 bridgehead atoms. The first kappa shape index (κ1) is 15.6. The molecule has 1 rings (SSSR count). The van der Waals surface area contributed by atoms with Gasteiger partial charge < -0.3 is 14.9 Å². The van der Waals surface area contributed by atoms with Gasteiger partial charge in [0.15, 0.2) is 5.88 Å². The summed E-state index contributed by atoms with van der Waals surface area (Å²) in [5.74, 6) is -1.20. The van der Waals surface area contributed by atoms with E-state index in [1.54, 1.807) is 0 Å². The first-order valence-corrected chi connectivity index (χ1v) is 9.59. The number of esters is 1. The van der Waals surface area contributed by atoms with Crippen molar-refractivity contribution in [2.75, 3.05) is 6.61 Å². The van der Waals surface area contributed by atoms with Gasteiger partial charge in [0.25, 0.3) is 0 Å². The van der Waals surface area contributed by atoms with Crippen molar-refractivity contribution < 1.29 is 19.7 Å². The summed E-state index contributed by atoms with van der Waals surface area (Å²) in [4.78, 5) is 14.0. The molecular weight excluding hydrogens is 262 g/mol. The van der Waals surface area contributed by atoms with Crippen LogP contribution in [0.15, 0.2) is 6.07 Å². The van der Waals surface area contributed by atoms with Crippen LogP contribution in [0.2, 0.25) is 24.2 Å². The lowest BCUT2D eigenvalue weighted by Gasteiger charge is -2.27. The molecule has 0 atom stereocenters. The minimum atomic E-state index is -1.29. The second kappa shape index (κ2) is 6.65. The number of rotatable bonds is 7. The Kier molecular flexibility index (Phi) is 5.47. The van der Waals surface area contributed by atoms with Crippen LogP contribution in [0.1, 0.15) is 31.1 Å². The zero-order chi connectivity index (χ0) is 14.5. The molecule has 0 saturated heterocycles. The van der Waals surface area contributed by atoms with E-state index in [9.17, 15) is 9.90 Å². The highest BCUT2D eigenvalue weighted by Gasteiger charge is 2.27. The molecule has 0 aliphatic heterocycles. The van der Waals surface area contributed by atoms with E-state index in [0.29, 0.717) is 6.61 Å². The summed E-state index contributed by atoms with van der Waals surface area (Å²) in [5.41, 5.74) is -0.0192. The molecule has 0 fully saturated rings. The number of aromatic amines is 1. The molecule has 0 aliphatic rings. The summed E-state index contributed by atoms with van der Waals surface area (Å²) in [6.45, 7) is 7.00. The van der Waals surface area contributed by atoms with Gasteiger partial charge in [-0.2, -0.15) is 0 Å². The Labute approximate surface area is 114 Å². The Morgan fingerprint density at radius 3 is 2.26 bits per heavy atom. The molecule has 1 aromatic heterocycles. The van der Waals surface area contributed by atoms with E-state index in [2.05, 4.69) is 25.8 Å². The van der Waals surface area contributed by atoms with E-state index in [1.165, 1.54) is 24.2 Å². The van der Waals surface area contributed by atoms with Gasteiger partial charge in [-0.1, -0.05) is 38.9 Å². The molecule has 0 amide bonds. The number of carbonyl (C=O) groups is 1. The van der Waals surface area contributed by atoms with E-state index >= 15 is 0 Å². The van der Waals surface area contributed by atoms with Crippen molar-refractivity contribution in [1.82, 2.24) is 4.98 Å². The molecule has 1 heterocycles. The van der Waals surface area contributed by atoms with Gasteiger partial charge in [0.1, 0.15) is 5.56 Å². The monoisotopic (exact) mass is 285 g/mol. The van der Waals surface area contributed by atoms with Gasteiger partial charge in [-0.25, -0.2) is 4.79 Å². The fraction of sp³-hybridized carbons (Fsp3) is 0.615. The number of aromatic nitrogens is 1. The van der Waals surface area contributed by atoms with Gasteiger partial charge >= 0.3 is 5.97 Å². The molecule has 3 N–H and O–H groups in total. The highest BCUT2D eigenvalue weighted by atomic mass is 28.3. The number of aromatic hydroxyl groups is 2. The van der Waals surface area contributed by atoms with E-state index in [1.807, 2.05) is 0 Å². The lowest BCUT2D eigenvalue weighted by Crippen LogP contribution is -2.32. The maximum Gasteiger partial charge on any atom is 0.343 e. The third kappa shape index (κ3) is 3.76. The van der Waals surface area contributed by atoms with Gasteiger partial charge in [0.05, 0.1) is 14.7 Å². The molecule has 0 radical (unpaired) electrons. The lowest BCUT2D eigenvalue weighted by atomic mass is 10.3. The van der Waals surface area contributed by atoms with Crippen molar-refractivity contribution in [2.24, 2.45) is 0 Å². The highest BCUT2D eigenvalue weighted by Crippen LogP contribution is 2.26. The number of carbonyl (C=O) groups excluding carboxylic acids is 1. The van der Waals surface area contributed by atoms with Crippen LogP contribution in [0.5, 0.6) is 11.8 Å². The molecule has 19 heavy (non-hydrogen) atoms. The minimum absolute atomic E-state index is 0.0192. The van der Waals surface area contributed by atoms with Crippen LogP contribution in [0.4, 0.5) is 0 Å². The SMILES string of the molecule is CC[Si](CC)(CC)CCOC(=O)c1cc(O)[nH]c1O. The average Bonchev–Trinajstić information content (AvgIpc) is 2.74. The Hall–Kier alpha value is -1.43. The van der Waals surface area contributed by atoms with Crippen LogP contribution in [-0.4, -0.2) is 35.8 Å². The summed E-state index contributed by atoms with van der Waals surface area (Å²) in [7, 11) is -1.29. The first-order valence-electron chi connectivity index (χ1n) is 6.76. The highest BCUT2D eigenvalue weighted by molar-refractivity contribution is 6.79. The van der Waals surface area contributed by atoms with Crippen molar-refractivity contribution in [3.63, 3.8) is 0 Å². The zero-order valence-electron chi connectivity index (χ0n) is 11.8. The van der Waals surface area contributed by atoms with Crippen molar-refractivity contribution >= 4 is 14.0 Å². The van der Waals surface area contributed by atoms with Crippen LogP contribution >= 0.6 is 0 Å². The molecule has 6 heteroatoms. The third-order valence-corrected chi connectivity index (χ3v) is 9.88. The topological polar surface area (TPSA) is 82.5 Å². The molecule has 0 spiro atoms. The molecule has 0 aliphatic carbocycles. The molecule has 108 valence electrons. The normalized spacial score (nSPS) is 11.5. The summed E-state index contributed by atoms with van der Waals surface area (Å²) in [5, 5.41) is 18.5. The van der Waals surface area contributed by atoms with Crippen molar-refractivity contribution in [2.45, 2.75) is 44.9 Å². The van der Waals surface area contributed by atoms with E-state index in [0.717, 1.165) is 6.04 Å². The number of nitrogens with one attached hydrogen (secondary N) is 1. The summed E-state index contributed by atoms with van der Waals surface area (Å²) < 4.78 is 5.19. The maximum atomic E-state index is 11.7. The predicted octanol–water partition coefficient (Wildman–Crippen LogP) is 3.09. The standard InChI is InChI=1S/C13H23NO4Si/c1-4-19(5-2,6-3)8-7-18-13(17)10-9-11(15)14-12(10)16/h9,14-16H,4-8H2,1-3H3. The Bertz CT molecular complexity index is 418. The summed E-state index contributed by atoms with van der Waals surface area (Å²) in [6.07, 6.45) is 0. The quantitative estimate of drug-likeness (QED) is 0.531. The van der Waals surface area contributed by atoms with Crippen LogP contribution < -0.4 is 0 Å². The predicted molar refractivity (Wildman–Crippen MR) is 76.4 cm³/mol. The maximum absolute atomic E-state index is 11.7. The van der Waals surface area contributed by atoms with E-state index in [-0.39, 0.29) is 17.3 Å². The molecule has 0 unspecified atom stereocenters. The Morgan fingerprint density at radius 1 is 1.26 bits per heavy atom. The largest absolute Gasteiger partial charge is 0.494 e. The lowest BCUT2D eigenvalue weighted by molar-refractivity contribution is 0.0521. The molecule has 1 aromatic rings. The Morgan fingerprint density at radius 2 is 1.84 bits per heavy atom. The average molecular weight is 285 g/mol. The summed E-state index contributed by atoms with van der Waals surface area (Å²) in [6, 6.07) is 5.68. The van der Waals surface area contributed by atoms with Crippen molar-refractivity contribution in [3.8, 4) is 11.8 Å². The second-order valence-electron chi connectivity index (χ2n) is 4.86. The number of hydrogen-bond donors (Lipinski definition) is 3. The molecule has 5 nitrogen and oxygen atoms in total. The van der Waals surface area contributed by atoms with Gasteiger partial charge in [0, 0.05) is 6.07 Å². The van der Waals surface area contributed by atoms with Gasteiger partial charge in [0.2, 0.25) is 5.88 Å². The summed E-state index contributed by atoms with van der Waals surface area (Å²) >= 11 is 0. The molecular formula is C13H23NO4Si. The van der Waals surface area contributed by atoms with Crippen LogP contribution in [0.25, 0.3) is 0 Å². The van der Waals surface area contributed by atoms with Gasteiger partial charge in [-0.05, 0) is 6.04 Å². The van der Waals surface area contributed by atoms with Gasteiger partial charge in [-0.15, -0.1) is 0 Å². The minimum Gasteiger partial charge on any atom is -0.494 e. The first-order chi connectivity index (χ1) is 8.98. The van der Waals surface area contributed by atoms with Crippen molar-refractivity contribution in [3.05, 3.63) is 11.6 Å². The number of hydrogen-bond acceptors (Lipinski definition) is 4.